The molecule has 0 fully saturated rings. The molecule has 0 radical (unpaired) electrons. The Hall–Kier alpha value is -1.38. The van der Waals surface area contributed by atoms with Crippen molar-refractivity contribution in [3.05, 3.63) is 54.6 Å². The Balaban J connectivity index is 2.14. The predicted octanol–water partition coefficient (Wildman–Crippen LogP) is 4.76. The number of ether oxygens (including phenoxy) is 1. The number of hydrogen-bond acceptors (Lipinski definition) is 2. The van der Waals surface area contributed by atoms with Gasteiger partial charge in [0, 0.05) is 36.6 Å². The van der Waals surface area contributed by atoms with E-state index in [1.165, 1.54) is 0 Å². The van der Waals surface area contributed by atoms with Crippen LogP contribution in [0.4, 0.5) is 5.69 Å². The maximum Gasteiger partial charge on any atom is 0.129 e. The molecule has 4 heteroatoms. The van der Waals surface area contributed by atoms with Crippen LogP contribution >= 0.6 is 23.2 Å². The molecule has 2 nitrogen and oxygen atoms in total. The lowest BCUT2D eigenvalue weighted by Gasteiger charge is -2.23. The van der Waals surface area contributed by atoms with Gasteiger partial charge in [-0.15, -0.1) is 23.2 Å². The standard InChI is InChI=1S/C16H17Cl2NO/c17-9-11-19(12-10-18)14-5-4-8-16(13-14)20-15-6-2-1-3-7-15/h1-8,13H,9-12H2. The first-order valence-electron chi connectivity index (χ1n) is 6.53. The normalized spacial score (nSPS) is 10.3. The first kappa shape index (κ1) is 15.0. The minimum atomic E-state index is 0.570. The molecule has 0 aliphatic rings. The molecule has 106 valence electrons. The summed E-state index contributed by atoms with van der Waals surface area (Å²) in [4.78, 5) is 2.15. The van der Waals surface area contributed by atoms with Gasteiger partial charge in [-0.1, -0.05) is 24.3 Å². The third-order valence-electron chi connectivity index (χ3n) is 2.87. The number of rotatable bonds is 7. The van der Waals surface area contributed by atoms with Gasteiger partial charge in [-0.3, -0.25) is 0 Å². The van der Waals surface area contributed by atoms with E-state index >= 15 is 0 Å². The van der Waals surface area contributed by atoms with Gasteiger partial charge in [0.05, 0.1) is 0 Å². The largest absolute Gasteiger partial charge is 0.457 e. The number of anilines is 1. The molecule has 20 heavy (non-hydrogen) atoms. The van der Waals surface area contributed by atoms with Gasteiger partial charge < -0.3 is 9.64 Å². The molecule has 0 aliphatic carbocycles. The molecule has 0 saturated heterocycles. The lowest BCUT2D eigenvalue weighted by Crippen LogP contribution is -2.27. The number of halogens is 2. The highest BCUT2D eigenvalue weighted by Crippen LogP contribution is 2.25. The second kappa shape index (κ2) is 8.03. The van der Waals surface area contributed by atoms with E-state index in [9.17, 15) is 0 Å². The van der Waals surface area contributed by atoms with E-state index in [1.807, 2.05) is 54.6 Å². The molecule has 0 N–H and O–H groups in total. The van der Waals surface area contributed by atoms with Crippen LogP contribution in [0.2, 0.25) is 0 Å². The van der Waals surface area contributed by atoms with Crippen LogP contribution < -0.4 is 9.64 Å². The highest BCUT2D eigenvalue weighted by molar-refractivity contribution is 6.18. The summed E-state index contributed by atoms with van der Waals surface area (Å²) in [5.41, 5.74) is 1.07. The monoisotopic (exact) mass is 309 g/mol. The van der Waals surface area contributed by atoms with Gasteiger partial charge >= 0.3 is 0 Å². The van der Waals surface area contributed by atoms with E-state index in [4.69, 9.17) is 27.9 Å². The Kier molecular flexibility index (Phi) is 6.03. The summed E-state index contributed by atoms with van der Waals surface area (Å²) in [6.07, 6.45) is 0. The summed E-state index contributed by atoms with van der Waals surface area (Å²) in [5, 5.41) is 0. The van der Waals surface area contributed by atoms with Gasteiger partial charge in [-0.25, -0.2) is 0 Å². The topological polar surface area (TPSA) is 12.5 Å². The Morgan fingerprint density at radius 1 is 0.800 bits per heavy atom. The molecule has 0 aliphatic heterocycles. The number of para-hydroxylation sites is 1. The van der Waals surface area contributed by atoms with Crippen molar-refractivity contribution in [1.29, 1.82) is 0 Å². The van der Waals surface area contributed by atoms with Gasteiger partial charge in [-0.2, -0.15) is 0 Å². The van der Waals surface area contributed by atoms with Crippen LogP contribution in [-0.2, 0) is 0 Å². The number of hydrogen-bond donors (Lipinski definition) is 0. The highest BCUT2D eigenvalue weighted by atomic mass is 35.5. The summed E-state index contributed by atoms with van der Waals surface area (Å²) >= 11 is 11.7. The van der Waals surface area contributed by atoms with Crippen molar-refractivity contribution in [3.63, 3.8) is 0 Å². The molecule has 0 amide bonds. The third kappa shape index (κ3) is 4.32. The van der Waals surface area contributed by atoms with Crippen molar-refractivity contribution in [2.24, 2.45) is 0 Å². The van der Waals surface area contributed by atoms with Gasteiger partial charge in [0.2, 0.25) is 0 Å². The molecule has 0 heterocycles. The van der Waals surface area contributed by atoms with Crippen molar-refractivity contribution < 1.29 is 4.74 Å². The van der Waals surface area contributed by atoms with Crippen LogP contribution in [0.25, 0.3) is 0 Å². The molecule has 2 aromatic rings. The lowest BCUT2D eigenvalue weighted by molar-refractivity contribution is 0.482. The predicted molar refractivity (Wildman–Crippen MR) is 86.6 cm³/mol. The van der Waals surface area contributed by atoms with Crippen molar-refractivity contribution in [1.82, 2.24) is 0 Å². The van der Waals surface area contributed by atoms with Crippen molar-refractivity contribution in [2.75, 3.05) is 29.7 Å². The molecule has 0 atom stereocenters. The van der Waals surface area contributed by atoms with E-state index in [-0.39, 0.29) is 0 Å². The van der Waals surface area contributed by atoms with Crippen molar-refractivity contribution in [3.8, 4) is 11.5 Å². The summed E-state index contributed by atoms with van der Waals surface area (Å²) in [5.74, 6) is 2.77. The maximum absolute atomic E-state index is 5.84. The van der Waals surface area contributed by atoms with Gasteiger partial charge in [0.15, 0.2) is 0 Å². The zero-order valence-electron chi connectivity index (χ0n) is 11.1. The molecule has 0 bridgehead atoms. The Bertz CT molecular complexity index is 513. The van der Waals surface area contributed by atoms with Crippen LogP contribution in [0.3, 0.4) is 0 Å². The Morgan fingerprint density at radius 3 is 2.10 bits per heavy atom. The minimum absolute atomic E-state index is 0.570. The molecular formula is C16H17Cl2NO. The van der Waals surface area contributed by atoms with Crippen LogP contribution in [0.5, 0.6) is 11.5 Å². The SMILES string of the molecule is ClCCN(CCCl)c1cccc(Oc2ccccc2)c1. The fourth-order valence-corrected chi connectivity index (χ4v) is 2.35. The van der Waals surface area contributed by atoms with Crippen molar-refractivity contribution in [2.45, 2.75) is 0 Å². The maximum atomic E-state index is 5.84. The van der Waals surface area contributed by atoms with E-state index in [1.54, 1.807) is 0 Å². The lowest BCUT2D eigenvalue weighted by atomic mass is 10.2. The van der Waals surface area contributed by atoms with Crippen molar-refractivity contribution >= 4 is 28.9 Å². The average Bonchev–Trinajstić information content (AvgIpc) is 2.48. The number of benzene rings is 2. The Morgan fingerprint density at radius 2 is 1.45 bits per heavy atom. The van der Waals surface area contributed by atoms with Gasteiger partial charge in [0.25, 0.3) is 0 Å². The molecule has 0 aromatic heterocycles. The van der Waals surface area contributed by atoms with E-state index in [0.717, 1.165) is 30.3 Å². The third-order valence-corrected chi connectivity index (χ3v) is 3.21. The van der Waals surface area contributed by atoms with Crippen LogP contribution in [0.1, 0.15) is 0 Å². The fourth-order valence-electron chi connectivity index (χ4n) is 1.94. The first-order valence-corrected chi connectivity index (χ1v) is 7.60. The second-order valence-corrected chi connectivity index (χ2v) is 5.03. The van der Waals surface area contributed by atoms with Gasteiger partial charge in [-0.05, 0) is 24.3 Å². The fraction of sp³-hybridized carbons (Fsp3) is 0.250. The van der Waals surface area contributed by atoms with E-state index in [0.29, 0.717) is 11.8 Å². The highest BCUT2D eigenvalue weighted by Gasteiger charge is 2.06. The number of nitrogens with zero attached hydrogens (tertiary/aromatic N) is 1. The van der Waals surface area contributed by atoms with Crippen LogP contribution in [0, 0.1) is 0 Å². The number of alkyl halides is 2. The molecule has 0 saturated carbocycles. The Labute approximate surface area is 129 Å². The first-order chi connectivity index (χ1) is 9.83. The van der Waals surface area contributed by atoms with Crippen LogP contribution in [-0.4, -0.2) is 24.8 Å². The molecule has 0 spiro atoms. The molecule has 2 aromatic carbocycles. The summed E-state index contributed by atoms with van der Waals surface area (Å²) in [7, 11) is 0. The summed E-state index contributed by atoms with van der Waals surface area (Å²) in [6, 6.07) is 17.7. The average molecular weight is 310 g/mol. The smallest absolute Gasteiger partial charge is 0.129 e. The van der Waals surface area contributed by atoms with Gasteiger partial charge in [0.1, 0.15) is 11.5 Å². The minimum Gasteiger partial charge on any atom is -0.457 e. The molecule has 2 rings (SSSR count). The summed E-state index contributed by atoms with van der Waals surface area (Å²) < 4.78 is 5.83. The molecular weight excluding hydrogens is 293 g/mol. The zero-order chi connectivity index (χ0) is 14.2. The van der Waals surface area contributed by atoms with Crippen LogP contribution in [0.15, 0.2) is 54.6 Å². The van der Waals surface area contributed by atoms with E-state index < -0.39 is 0 Å². The quantitative estimate of drug-likeness (QED) is 0.683. The second-order valence-electron chi connectivity index (χ2n) is 4.28. The van der Waals surface area contributed by atoms with E-state index in [2.05, 4.69) is 4.90 Å². The zero-order valence-corrected chi connectivity index (χ0v) is 12.6. The molecule has 0 unspecified atom stereocenters. The summed E-state index contributed by atoms with van der Waals surface area (Å²) in [6.45, 7) is 1.53.